The second-order valence-corrected chi connectivity index (χ2v) is 43.9. The second kappa shape index (κ2) is 16.6. The van der Waals surface area contributed by atoms with Gasteiger partial charge in [0.25, 0.3) is 6.71 Å². The van der Waals surface area contributed by atoms with Crippen molar-refractivity contribution < 1.29 is 0 Å². The molecule has 0 amide bonds. The molecule has 3 aliphatic heterocycles. The van der Waals surface area contributed by atoms with Crippen LogP contribution in [0.3, 0.4) is 0 Å². The zero-order chi connectivity index (χ0) is 59.5. The summed E-state index contributed by atoms with van der Waals surface area (Å²) in [6.07, 6.45) is 2.28. The first-order valence-electron chi connectivity index (χ1n) is 31.8. The summed E-state index contributed by atoms with van der Waals surface area (Å²) in [6, 6.07) is 57.8. The highest BCUT2D eigenvalue weighted by Gasteiger charge is 2.56. The summed E-state index contributed by atoms with van der Waals surface area (Å²) in [5.41, 5.74) is 30.2. The van der Waals surface area contributed by atoms with E-state index in [9.17, 15) is 0 Å². The predicted octanol–water partition coefficient (Wildman–Crippen LogP) is 18.3. The summed E-state index contributed by atoms with van der Waals surface area (Å²) >= 11 is 0. The highest BCUT2D eigenvalue weighted by Crippen LogP contribution is 2.63. The number of benzene rings is 8. The molecule has 2 aliphatic carbocycles. The lowest BCUT2D eigenvalue weighted by molar-refractivity contribution is 0.335. The summed E-state index contributed by atoms with van der Waals surface area (Å²) in [7, 11) is -4.32. The van der Waals surface area contributed by atoms with Gasteiger partial charge in [0.1, 0.15) is 0 Å². The van der Waals surface area contributed by atoms with E-state index < -0.39 is 21.6 Å². The van der Waals surface area contributed by atoms with E-state index in [4.69, 9.17) is 0 Å². The SMILES string of the molecule is CC(C)(C)c1ccc(-c2c(-c3ccc(C(C)(C)C)cc3)n3c4c(cc5c(c24)C(C)(C)CCC5(C)C)B2c4c-3ccc3c4-n4c5c2cc([Si](C)(C)C(C)(C)C)cc5c2cc([Si](C)(C)C(C)(C)C)cc(c24)C32c3ccccc3-c3ccccc32)cc1. The molecule has 0 N–H and O–H groups in total. The van der Waals surface area contributed by atoms with Crippen LogP contribution in [0.1, 0.15) is 168 Å². The minimum Gasteiger partial charge on any atom is -0.310 e. The van der Waals surface area contributed by atoms with Gasteiger partial charge in [0.15, 0.2) is 0 Å². The molecule has 8 aromatic carbocycles. The Balaban J connectivity index is 1.21. The topological polar surface area (TPSA) is 9.86 Å². The van der Waals surface area contributed by atoms with Crippen LogP contribution in [0, 0.1) is 0 Å². The number of aromatic nitrogens is 2. The Morgan fingerprint density at radius 1 is 0.452 bits per heavy atom. The molecule has 2 nitrogen and oxygen atoms in total. The van der Waals surface area contributed by atoms with Crippen molar-refractivity contribution in [3.63, 3.8) is 0 Å². The van der Waals surface area contributed by atoms with Crippen molar-refractivity contribution in [2.75, 3.05) is 0 Å². The van der Waals surface area contributed by atoms with Crippen molar-refractivity contribution in [2.24, 2.45) is 0 Å². The van der Waals surface area contributed by atoms with Crippen LogP contribution in [-0.4, -0.2) is 32.0 Å². The molecule has 0 radical (unpaired) electrons. The number of hydrogen-bond donors (Lipinski definition) is 0. The third-order valence-corrected chi connectivity index (χ3v) is 34.6. The van der Waals surface area contributed by atoms with Crippen LogP contribution < -0.4 is 26.8 Å². The third-order valence-electron chi connectivity index (χ3n) is 23.6. The largest absolute Gasteiger partial charge is 0.310 e. The van der Waals surface area contributed by atoms with Crippen LogP contribution in [0.5, 0.6) is 0 Å². The monoisotopic (exact) mass is 1130 g/mol. The molecule has 0 bridgehead atoms. The van der Waals surface area contributed by atoms with Gasteiger partial charge in [-0.25, -0.2) is 0 Å². The standard InChI is InChI=1S/C79H87BN2Si2/c1-73(2,3)48-33-29-46(30-34-48)64-65-66-59(77(13,14)39-40-78(66,15)16)45-62-72(65)81(68(64)47-31-35-49(36-32-47)74(4,5)6)63-38-37-58-71-67(63)80(62)61-44-51(84(19,20)76(10,11)12)42-55-54-41-50(83(17,18)75(7,8)9)43-60(69(54)82(71)70(55)61)79(58)56-27-23-21-25-52(56)53-26-22-24-28-57(53)79/h21-38,41-45H,39-40H2,1-20H3. The van der Waals surface area contributed by atoms with Gasteiger partial charge in [-0.15, -0.1) is 0 Å². The first-order valence-corrected chi connectivity index (χ1v) is 37.8. The molecule has 15 rings (SSSR count). The van der Waals surface area contributed by atoms with Gasteiger partial charge in [0, 0.05) is 44.1 Å². The molecule has 0 saturated carbocycles. The molecular formula is C79H87BN2Si2. The molecule has 0 saturated heterocycles. The molecule has 5 aliphatic rings. The molecule has 2 aromatic heterocycles. The number of nitrogens with zero attached hydrogens (tertiary/aromatic N) is 2. The van der Waals surface area contributed by atoms with E-state index in [0.29, 0.717) is 0 Å². The first-order chi connectivity index (χ1) is 39.2. The fourth-order valence-corrected chi connectivity index (χ4v) is 20.4. The van der Waals surface area contributed by atoms with Crippen molar-refractivity contribution in [2.45, 2.75) is 187 Å². The summed E-state index contributed by atoms with van der Waals surface area (Å²) in [5.74, 6) is 0. The Bertz CT molecular complexity index is 4510. The van der Waals surface area contributed by atoms with E-state index in [1.807, 2.05) is 0 Å². The van der Waals surface area contributed by atoms with Gasteiger partial charge in [-0.3, -0.25) is 0 Å². The van der Waals surface area contributed by atoms with Crippen molar-refractivity contribution >= 4 is 82.3 Å². The van der Waals surface area contributed by atoms with E-state index in [0.717, 1.165) is 12.8 Å². The van der Waals surface area contributed by atoms with E-state index in [1.54, 1.807) is 15.9 Å². The van der Waals surface area contributed by atoms with Crippen LogP contribution in [0.2, 0.25) is 36.3 Å². The summed E-state index contributed by atoms with van der Waals surface area (Å²) in [6.45, 7) is 50.1. The van der Waals surface area contributed by atoms with Crippen LogP contribution >= 0.6 is 0 Å². The normalized spacial score (nSPS) is 17.0. The van der Waals surface area contributed by atoms with Gasteiger partial charge < -0.3 is 9.13 Å². The Morgan fingerprint density at radius 2 is 0.952 bits per heavy atom. The molecule has 84 heavy (non-hydrogen) atoms. The lowest BCUT2D eigenvalue weighted by Crippen LogP contribution is -2.62. The van der Waals surface area contributed by atoms with Gasteiger partial charge in [-0.2, -0.15) is 0 Å². The highest BCUT2D eigenvalue weighted by molar-refractivity contribution is 7.01. The summed E-state index contributed by atoms with van der Waals surface area (Å²) < 4.78 is 5.72. The highest BCUT2D eigenvalue weighted by atomic mass is 28.3. The maximum atomic E-state index is 2.88. The average molecular weight is 1130 g/mol. The smallest absolute Gasteiger partial charge is 0.252 e. The summed E-state index contributed by atoms with van der Waals surface area (Å²) in [4.78, 5) is 0. The maximum Gasteiger partial charge on any atom is 0.252 e. The van der Waals surface area contributed by atoms with E-state index >= 15 is 0 Å². The Morgan fingerprint density at radius 3 is 1.50 bits per heavy atom. The van der Waals surface area contributed by atoms with Crippen molar-refractivity contribution in [1.29, 1.82) is 0 Å². The van der Waals surface area contributed by atoms with E-state index in [2.05, 4.69) is 286 Å². The van der Waals surface area contributed by atoms with Crippen LogP contribution in [0.4, 0.5) is 0 Å². The second-order valence-electron chi connectivity index (χ2n) is 33.2. The number of fused-ring (bicyclic) bond motifs is 13. The fraction of sp³-hybridized carbons (Fsp3) is 0.367. The van der Waals surface area contributed by atoms with Crippen LogP contribution in [0.15, 0.2) is 140 Å². The third kappa shape index (κ3) is 6.75. The number of hydrogen-bond acceptors (Lipinski definition) is 0. The Labute approximate surface area is 504 Å². The van der Waals surface area contributed by atoms with Gasteiger partial charge in [0.05, 0.1) is 32.8 Å². The zero-order valence-electron chi connectivity index (χ0n) is 54.2. The van der Waals surface area contributed by atoms with E-state index in [1.165, 1.54) is 133 Å². The summed E-state index contributed by atoms with van der Waals surface area (Å²) in [5, 5.41) is 7.71. The molecule has 1 spiro atoms. The maximum absolute atomic E-state index is 2.88. The molecule has 0 unspecified atom stereocenters. The van der Waals surface area contributed by atoms with Gasteiger partial charge in [-0.1, -0.05) is 281 Å². The van der Waals surface area contributed by atoms with Gasteiger partial charge in [0.2, 0.25) is 0 Å². The zero-order valence-corrected chi connectivity index (χ0v) is 56.2. The molecule has 5 heterocycles. The molecule has 424 valence electrons. The number of rotatable bonds is 4. The van der Waals surface area contributed by atoms with Crippen LogP contribution in [0.25, 0.3) is 77.6 Å². The Hall–Kier alpha value is -6.40. The van der Waals surface area contributed by atoms with Gasteiger partial charge >= 0.3 is 0 Å². The van der Waals surface area contributed by atoms with Gasteiger partial charge in [-0.05, 0) is 134 Å². The molecule has 0 fully saturated rings. The average Bonchev–Trinajstić information content (AvgIpc) is 1.46. The van der Waals surface area contributed by atoms with Crippen molar-refractivity contribution in [3.8, 4) is 44.9 Å². The lowest BCUT2D eigenvalue weighted by Gasteiger charge is -2.46. The minimum atomic E-state index is -2.17. The minimum absolute atomic E-state index is 0.0132. The Kier molecular flexibility index (Phi) is 10.7. The molecule has 5 heteroatoms. The van der Waals surface area contributed by atoms with Crippen LogP contribution in [-0.2, 0) is 27.1 Å². The van der Waals surface area contributed by atoms with Crippen molar-refractivity contribution in [3.05, 3.63) is 184 Å². The quantitative estimate of drug-likeness (QED) is 0.155. The van der Waals surface area contributed by atoms with E-state index in [-0.39, 0.29) is 38.4 Å². The predicted molar refractivity (Wildman–Crippen MR) is 370 cm³/mol. The molecule has 10 aromatic rings. The fourth-order valence-electron chi connectivity index (χ4n) is 16.6. The lowest BCUT2D eigenvalue weighted by atomic mass is 9.33. The van der Waals surface area contributed by atoms with Crippen molar-refractivity contribution in [1.82, 2.24) is 9.13 Å². The molecule has 0 atom stereocenters. The first kappa shape index (κ1) is 54.3. The molecular weight excluding hydrogens is 1040 g/mol.